The van der Waals surface area contributed by atoms with Crippen LogP contribution in [-0.2, 0) is 28.7 Å². The lowest BCUT2D eigenvalue weighted by molar-refractivity contribution is -0.142. The molecule has 0 atom stereocenters. The van der Waals surface area contributed by atoms with Crippen molar-refractivity contribution in [3.63, 3.8) is 0 Å². The molecule has 1 aromatic heterocycles. The van der Waals surface area contributed by atoms with Crippen molar-refractivity contribution >= 4 is 12.3 Å². The number of alkyl halides is 3. The van der Waals surface area contributed by atoms with E-state index in [2.05, 4.69) is 9.84 Å². The van der Waals surface area contributed by atoms with Crippen LogP contribution < -0.4 is 0 Å². The van der Waals surface area contributed by atoms with Crippen LogP contribution >= 0.6 is 0 Å². The molecular formula is C14H21F3N2O3. The maximum absolute atomic E-state index is 12.5. The zero-order chi connectivity index (χ0) is 17.3. The monoisotopic (exact) mass is 322 g/mol. The summed E-state index contributed by atoms with van der Waals surface area (Å²) in [4.78, 5) is 20.5. The van der Waals surface area contributed by atoms with E-state index in [9.17, 15) is 22.8 Å². The summed E-state index contributed by atoms with van der Waals surface area (Å²) in [5.41, 5.74) is -0.690. The average molecular weight is 322 g/mol. The Labute approximate surface area is 127 Å². The first-order valence-corrected chi connectivity index (χ1v) is 7.12. The molecule has 2 rings (SSSR count). The first kappa shape index (κ1) is 20.1. The highest BCUT2D eigenvalue weighted by Crippen LogP contribution is 2.36. The third-order valence-corrected chi connectivity index (χ3v) is 2.72. The van der Waals surface area contributed by atoms with Crippen molar-refractivity contribution in [2.24, 2.45) is 0 Å². The smallest absolute Gasteiger partial charge is 0.435 e. The van der Waals surface area contributed by atoms with Crippen LogP contribution in [0.4, 0.5) is 13.2 Å². The number of nitrogens with zero attached hydrogens (tertiary/aromatic N) is 2. The molecule has 0 unspecified atom stereocenters. The van der Waals surface area contributed by atoms with Gasteiger partial charge >= 0.3 is 6.18 Å². The summed E-state index contributed by atoms with van der Waals surface area (Å²) in [6, 6.07) is 0. The van der Waals surface area contributed by atoms with Crippen LogP contribution in [0.25, 0.3) is 0 Å². The molecule has 0 aromatic carbocycles. The first-order chi connectivity index (χ1) is 10.4. The Morgan fingerprint density at radius 1 is 1.27 bits per heavy atom. The summed E-state index contributed by atoms with van der Waals surface area (Å²) in [6.45, 7) is 8.61. The first-order valence-electron chi connectivity index (χ1n) is 7.12. The number of aryl methyl sites for hydroxylation is 1. The molecule has 0 aliphatic heterocycles. The maximum atomic E-state index is 12.5. The quantitative estimate of drug-likeness (QED) is 0.802. The number of fused-ring (bicyclic) bond motifs is 1. The van der Waals surface area contributed by atoms with Crippen molar-refractivity contribution in [1.82, 2.24) is 9.78 Å². The normalized spacial score (nSPS) is 12.6. The number of halogens is 3. The van der Waals surface area contributed by atoms with E-state index >= 15 is 0 Å². The predicted octanol–water partition coefficient (Wildman–Crippen LogP) is 3.26. The second kappa shape index (κ2) is 9.22. The van der Waals surface area contributed by atoms with Gasteiger partial charge in [-0.1, -0.05) is 13.8 Å². The standard InChI is InChI=1S/C9H9F3N2O.C3H6O2.C2H6/c1-2-14-7-5(3-4-6(7)15)8(13-14)9(10,11)12;1-2-5-3-4;1-2/h2-4H2,1H3;3H,2H2,1H3;1-2H3. The highest BCUT2D eigenvalue weighted by molar-refractivity contribution is 5.99. The molecule has 8 heteroatoms. The summed E-state index contributed by atoms with van der Waals surface area (Å²) in [5.74, 6) is -0.241. The van der Waals surface area contributed by atoms with Gasteiger partial charge in [0.1, 0.15) is 5.69 Å². The average Bonchev–Trinajstić information content (AvgIpc) is 3.03. The molecule has 0 fully saturated rings. The molecule has 0 saturated carbocycles. The molecule has 0 spiro atoms. The fourth-order valence-electron chi connectivity index (χ4n) is 1.93. The summed E-state index contributed by atoms with van der Waals surface area (Å²) in [5, 5.41) is 3.44. The second-order valence-electron chi connectivity index (χ2n) is 3.96. The predicted molar refractivity (Wildman–Crippen MR) is 74.6 cm³/mol. The number of carbonyl (C=O) groups excluding carboxylic acids is 2. The van der Waals surface area contributed by atoms with Gasteiger partial charge in [0.2, 0.25) is 0 Å². The minimum absolute atomic E-state index is 0.0642. The van der Waals surface area contributed by atoms with Gasteiger partial charge in [-0.05, 0) is 20.3 Å². The number of Topliss-reactive ketones (excluding diaryl/α,β-unsaturated/α-hetero) is 1. The Morgan fingerprint density at radius 3 is 2.23 bits per heavy atom. The van der Waals surface area contributed by atoms with Gasteiger partial charge in [-0.3, -0.25) is 14.3 Å². The van der Waals surface area contributed by atoms with Crippen molar-refractivity contribution in [3.05, 3.63) is 17.0 Å². The minimum atomic E-state index is -4.46. The van der Waals surface area contributed by atoms with Crippen LogP contribution in [0, 0.1) is 0 Å². The van der Waals surface area contributed by atoms with Crippen LogP contribution in [0.3, 0.4) is 0 Å². The van der Waals surface area contributed by atoms with Gasteiger partial charge in [0.15, 0.2) is 11.5 Å². The minimum Gasteiger partial charge on any atom is -0.468 e. The van der Waals surface area contributed by atoms with Gasteiger partial charge < -0.3 is 4.74 Å². The van der Waals surface area contributed by atoms with Crippen molar-refractivity contribution in [3.8, 4) is 0 Å². The van der Waals surface area contributed by atoms with E-state index < -0.39 is 11.9 Å². The molecule has 1 heterocycles. The highest BCUT2D eigenvalue weighted by atomic mass is 19.4. The number of rotatable bonds is 3. The molecule has 0 amide bonds. The Kier molecular flexibility index (Phi) is 8.44. The van der Waals surface area contributed by atoms with Gasteiger partial charge in [-0.15, -0.1) is 0 Å². The summed E-state index contributed by atoms with van der Waals surface area (Å²) in [7, 11) is 0. The van der Waals surface area contributed by atoms with Crippen LogP contribution in [0.15, 0.2) is 0 Å². The van der Waals surface area contributed by atoms with Crippen LogP contribution in [0.5, 0.6) is 0 Å². The van der Waals surface area contributed by atoms with Gasteiger partial charge in [0, 0.05) is 18.5 Å². The van der Waals surface area contributed by atoms with Crippen molar-refractivity contribution < 1.29 is 27.5 Å². The topological polar surface area (TPSA) is 61.2 Å². The lowest BCUT2D eigenvalue weighted by Gasteiger charge is -2.03. The molecule has 0 N–H and O–H groups in total. The molecule has 1 aliphatic carbocycles. The zero-order valence-corrected chi connectivity index (χ0v) is 13.2. The van der Waals surface area contributed by atoms with E-state index in [1.807, 2.05) is 13.8 Å². The molecule has 1 aromatic rings. The number of ether oxygens (including phenoxy) is 1. The Balaban J connectivity index is 0.000000540. The lowest BCUT2D eigenvalue weighted by atomic mass is 10.2. The third kappa shape index (κ3) is 4.85. The van der Waals surface area contributed by atoms with E-state index in [-0.39, 0.29) is 36.4 Å². The Bertz CT molecular complexity index is 496. The van der Waals surface area contributed by atoms with Gasteiger partial charge in [-0.25, -0.2) is 0 Å². The summed E-state index contributed by atoms with van der Waals surface area (Å²) >= 11 is 0. The van der Waals surface area contributed by atoms with Gasteiger partial charge in [-0.2, -0.15) is 18.3 Å². The summed E-state index contributed by atoms with van der Waals surface area (Å²) in [6.07, 6.45) is -4.14. The van der Waals surface area contributed by atoms with Crippen molar-refractivity contribution in [1.29, 1.82) is 0 Å². The highest BCUT2D eigenvalue weighted by Gasteiger charge is 2.42. The van der Waals surface area contributed by atoms with Crippen LogP contribution in [0.1, 0.15) is 55.9 Å². The van der Waals surface area contributed by atoms with E-state index in [1.165, 1.54) is 0 Å². The number of carbonyl (C=O) groups is 2. The fourth-order valence-corrected chi connectivity index (χ4v) is 1.93. The van der Waals surface area contributed by atoms with Gasteiger partial charge in [0.05, 0.1) is 6.61 Å². The largest absolute Gasteiger partial charge is 0.468 e. The SMILES string of the molecule is CC.CCOC=O.CCn1nc(C(F)(F)F)c2c1C(=O)CC2. The van der Waals surface area contributed by atoms with Crippen LogP contribution in [0.2, 0.25) is 0 Å². The molecule has 126 valence electrons. The van der Waals surface area contributed by atoms with E-state index in [0.717, 1.165) is 4.68 Å². The van der Waals surface area contributed by atoms with E-state index in [4.69, 9.17) is 0 Å². The van der Waals surface area contributed by atoms with Gasteiger partial charge in [0.25, 0.3) is 6.47 Å². The Hall–Kier alpha value is -1.86. The zero-order valence-electron chi connectivity index (χ0n) is 13.2. The molecule has 0 saturated heterocycles. The second-order valence-corrected chi connectivity index (χ2v) is 3.96. The van der Waals surface area contributed by atoms with E-state index in [0.29, 0.717) is 13.1 Å². The van der Waals surface area contributed by atoms with Crippen LogP contribution in [-0.4, -0.2) is 28.6 Å². The van der Waals surface area contributed by atoms with Crippen molar-refractivity contribution in [2.45, 2.75) is 53.3 Å². The van der Waals surface area contributed by atoms with Crippen molar-refractivity contribution in [2.75, 3.05) is 6.61 Å². The number of aromatic nitrogens is 2. The fraction of sp³-hybridized carbons (Fsp3) is 0.643. The molecule has 5 nitrogen and oxygen atoms in total. The number of ketones is 1. The lowest BCUT2D eigenvalue weighted by Crippen LogP contribution is -2.10. The van der Waals surface area contributed by atoms with E-state index in [1.54, 1.807) is 13.8 Å². The Morgan fingerprint density at radius 2 is 1.86 bits per heavy atom. The summed E-state index contributed by atoms with van der Waals surface area (Å²) < 4.78 is 42.9. The third-order valence-electron chi connectivity index (χ3n) is 2.72. The number of hydrogen-bond donors (Lipinski definition) is 0. The maximum Gasteiger partial charge on any atom is 0.435 e. The molecule has 1 aliphatic rings. The molecule has 22 heavy (non-hydrogen) atoms. The molecule has 0 radical (unpaired) electrons. The molecule has 0 bridgehead atoms. The number of hydrogen-bond acceptors (Lipinski definition) is 4. The molecular weight excluding hydrogens is 301 g/mol.